The Morgan fingerprint density at radius 2 is 2.00 bits per heavy atom. The highest BCUT2D eigenvalue weighted by Crippen LogP contribution is 2.31. The Morgan fingerprint density at radius 1 is 1.12 bits per heavy atom. The van der Waals surface area contributed by atoms with E-state index in [9.17, 15) is 0 Å². The van der Waals surface area contributed by atoms with Gasteiger partial charge in [0.25, 0.3) is 0 Å². The van der Waals surface area contributed by atoms with E-state index in [0.29, 0.717) is 0 Å². The number of hydrogen-bond donors (Lipinski definition) is 0. The highest BCUT2D eigenvalue weighted by Gasteiger charge is 2.27. The van der Waals surface area contributed by atoms with Crippen molar-refractivity contribution in [3.05, 3.63) is 83.7 Å². The molecule has 134 valence electrons. The van der Waals surface area contributed by atoms with Gasteiger partial charge >= 0.3 is 0 Å². The summed E-state index contributed by atoms with van der Waals surface area (Å²) >= 11 is 0. The number of benzene rings is 2. The Bertz CT molecular complexity index is 887. The summed E-state index contributed by atoms with van der Waals surface area (Å²) < 4.78 is 13.6. The van der Waals surface area contributed by atoms with Gasteiger partial charge in [-0.25, -0.2) is 0 Å². The molecule has 0 saturated carbocycles. The van der Waals surface area contributed by atoms with Crippen LogP contribution in [0.4, 0.5) is 0 Å². The molecule has 0 radical (unpaired) electrons. The van der Waals surface area contributed by atoms with Crippen molar-refractivity contribution in [1.29, 1.82) is 0 Å². The van der Waals surface area contributed by atoms with Crippen molar-refractivity contribution in [3.8, 4) is 11.4 Å². The van der Waals surface area contributed by atoms with E-state index in [1.165, 1.54) is 16.7 Å². The summed E-state index contributed by atoms with van der Waals surface area (Å²) in [5, 5.41) is 0. The molecule has 1 aromatic heterocycles. The molecule has 0 amide bonds. The van der Waals surface area contributed by atoms with E-state index in [-0.39, 0.29) is 6.23 Å². The Hall–Kier alpha value is -2.56. The Morgan fingerprint density at radius 3 is 2.85 bits per heavy atom. The summed E-state index contributed by atoms with van der Waals surface area (Å²) in [6, 6.07) is 18.9. The molecule has 4 rings (SSSR count). The molecule has 1 aliphatic rings. The maximum absolute atomic E-state index is 6.04. The number of aromatic nitrogens is 1. The van der Waals surface area contributed by atoms with Gasteiger partial charge in [-0.15, -0.1) is 0 Å². The maximum atomic E-state index is 6.04. The third-order valence-electron chi connectivity index (χ3n) is 4.82. The van der Waals surface area contributed by atoms with E-state index in [2.05, 4.69) is 65.2 Å². The van der Waals surface area contributed by atoms with E-state index in [4.69, 9.17) is 9.47 Å². The van der Waals surface area contributed by atoms with Crippen molar-refractivity contribution in [3.63, 3.8) is 0 Å². The molecule has 2 heterocycles. The van der Waals surface area contributed by atoms with Gasteiger partial charge < -0.3 is 14.0 Å². The fraction of sp³-hybridized carbons (Fsp3) is 0.273. The quantitative estimate of drug-likeness (QED) is 0.687. The first-order valence-corrected chi connectivity index (χ1v) is 8.97. The third-order valence-corrected chi connectivity index (χ3v) is 4.82. The van der Waals surface area contributed by atoms with Crippen molar-refractivity contribution in [2.75, 3.05) is 20.3 Å². The fourth-order valence-electron chi connectivity index (χ4n) is 3.57. The van der Waals surface area contributed by atoms with E-state index in [0.717, 1.165) is 31.1 Å². The van der Waals surface area contributed by atoms with Crippen LogP contribution in [-0.4, -0.2) is 29.7 Å². The second-order valence-electron chi connectivity index (χ2n) is 6.71. The van der Waals surface area contributed by atoms with Crippen molar-refractivity contribution in [1.82, 2.24) is 9.47 Å². The number of para-hydroxylation sites is 2. The summed E-state index contributed by atoms with van der Waals surface area (Å²) in [5.41, 5.74) is 4.82. The molecule has 1 atom stereocenters. The SMILES string of the molecule is COc1ccccc1-n1ccc([C@@H]2OCCN2Cc2cccc(C)c2)c1. The lowest BCUT2D eigenvalue weighted by Gasteiger charge is -2.22. The van der Waals surface area contributed by atoms with Crippen LogP contribution < -0.4 is 4.74 Å². The molecule has 0 bridgehead atoms. The zero-order chi connectivity index (χ0) is 17.9. The topological polar surface area (TPSA) is 26.6 Å². The highest BCUT2D eigenvalue weighted by atomic mass is 16.5. The summed E-state index contributed by atoms with van der Waals surface area (Å²) in [7, 11) is 1.70. The van der Waals surface area contributed by atoms with Crippen molar-refractivity contribution in [2.45, 2.75) is 19.7 Å². The molecule has 0 N–H and O–H groups in total. The maximum Gasteiger partial charge on any atom is 0.142 e. The number of methoxy groups -OCH3 is 1. The van der Waals surface area contributed by atoms with Crippen molar-refractivity contribution in [2.24, 2.45) is 0 Å². The zero-order valence-electron chi connectivity index (χ0n) is 15.3. The molecule has 0 unspecified atom stereocenters. The minimum Gasteiger partial charge on any atom is -0.495 e. The van der Waals surface area contributed by atoms with Gasteiger partial charge in [-0.2, -0.15) is 0 Å². The predicted molar refractivity (Wildman–Crippen MR) is 103 cm³/mol. The minimum absolute atomic E-state index is 0.00790. The zero-order valence-corrected chi connectivity index (χ0v) is 15.3. The third kappa shape index (κ3) is 3.39. The standard InChI is InChI=1S/C22H24N2O2/c1-17-6-5-7-18(14-17)15-24-12-13-26-22(24)19-10-11-23(16-19)20-8-3-4-9-21(20)25-2/h3-11,14,16,22H,12-13,15H2,1-2H3/t22-/m0/s1. The van der Waals surface area contributed by atoms with Crippen molar-refractivity contribution < 1.29 is 9.47 Å². The van der Waals surface area contributed by atoms with E-state index < -0.39 is 0 Å². The number of nitrogens with zero attached hydrogens (tertiary/aromatic N) is 2. The molecule has 1 fully saturated rings. The largest absolute Gasteiger partial charge is 0.495 e. The summed E-state index contributed by atoms with van der Waals surface area (Å²) in [6.45, 7) is 4.73. The second kappa shape index (κ2) is 7.36. The smallest absolute Gasteiger partial charge is 0.142 e. The average Bonchev–Trinajstić information content (AvgIpc) is 3.31. The van der Waals surface area contributed by atoms with Gasteiger partial charge in [-0.05, 0) is 30.7 Å². The molecule has 0 aliphatic carbocycles. The minimum atomic E-state index is -0.00790. The second-order valence-corrected chi connectivity index (χ2v) is 6.71. The average molecular weight is 348 g/mol. The lowest BCUT2D eigenvalue weighted by atomic mass is 10.1. The monoisotopic (exact) mass is 348 g/mol. The van der Waals surface area contributed by atoms with Crippen LogP contribution in [0.5, 0.6) is 5.75 Å². The van der Waals surface area contributed by atoms with E-state index in [1.807, 2.05) is 18.2 Å². The first-order chi connectivity index (χ1) is 12.7. The molecule has 1 aliphatic heterocycles. The first kappa shape index (κ1) is 16.9. The summed E-state index contributed by atoms with van der Waals surface area (Å²) in [4.78, 5) is 2.39. The Balaban J connectivity index is 1.56. The van der Waals surface area contributed by atoms with Crippen LogP contribution >= 0.6 is 0 Å². The molecule has 26 heavy (non-hydrogen) atoms. The van der Waals surface area contributed by atoms with E-state index >= 15 is 0 Å². The molecule has 4 heteroatoms. The Kier molecular flexibility index (Phi) is 4.78. The van der Waals surface area contributed by atoms with Gasteiger partial charge in [0.1, 0.15) is 12.0 Å². The van der Waals surface area contributed by atoms with Gasteiger partial charge in [-0.1, -0.05) is 42.0 Å². The first-order valence-electron chi connectivity index (χ1n) is 8.97. The molecule has 1 saturated heterocycles. The van der Waals surface area contributed by atoms with Crippen LogP contribution in [0, 0.1) is 6.92 Å². The van der Waals surface area contributed by atoms with Gasteiger partial charge in [0.2, 0.25) is 0 Å². The van der Waals surface area contributed by atoms with Gasteiger partial charge in [0.15, 0.2) is 0 Å². The highest BCUT2D eigenvalue weighted by molar-refractivity contribution is 5.47. The van der Waals surface area contributed by atoms with Crippen LogP contribution in [0.25, 0.3) is 5.69 Å². The number of ether oxygens (including phenoxy) is 2. The summed E-state index contributed by atoms with van der Waals surface area (Å²) in [6.07, 6.45) is 4.20. The predicted octanol–water partition coefficient (Wildman–Crippen LogP) is 4.33. The molecular formula is C22H24N2O2. The van der Waals surface area contributed by atoms with Gasteiger partial charge in [0.05, 0.1) is 19.4 Å². The number of hydrogen-bond acceptors (Lipinski definition) is 3. The van der Waals surface area contributed by atoms with Crippen molar-refractivity contribution >= 4 is 0 Å². The molecule has 0 spiro atoms. The van der Waals surface area contributed by atoms with Gasteiger partial charge in [-0.3, -0.25) is 4.90 Å². The number of aryl methyl sites for hydroxylation is 1. The van der Waals surface area contributed by atoms with Crippen LogP contribution in [0.2, 0.25) is 0 Å². The molecule has 2 aromatic carbocycles. The molecular weight excluding hydrogens is 324 g/mol. The van der Waals surface area contributed by atoms with Crippen LogP contribution in [0.15, 0.2) is 67.0 Å². The van der Waals surface area contributed by atoms with Crippen LogP contribution in [-0.2, 0) is 11.3 Å². The van der Waals surface area contributed by atoms with E-state index in [1.54, 1.807) is 7.11 Å². The van der Waals surface area contributed by atoms with Gasteiger partial charge in [0, 0.05) is 31.0 Å². The molecule has 4 nitrogen and oxygen atoms in total. The normalized spacial score (nSPS) is 17.5. The molecule has 3 aromatic rings. The lowest BCUT2D eigenvalue weighted by Crippen LogP contribution is -2.23. The summed E-state index contributed by atoms with van der Waals surface area (Å²) in [5.74, 6) is 0.860. The lowest BCUT2D eigenvalue weighted by molar-refractivity contribution is 0.0288. The fourth-order valence-corrected chi connectivity index (χ4v) is 3.57. The van der Waals surface area contributed by atoms with Crippen LogP contribution in [0.1, 0.15) is 22.9 Å². The number of rotatable bonds is 5. The van der Waals surface area contributed by atoms with Crippen LogP contribution in [0.3, 0.4) is 0 Å². The Labute approximate surface area is 154 Å².